The van der Waals surface area contributed by atoms with Crippen molar-refractivity contribution in [3.63, 3.8) is 0 Å². The van der Waals surface area contributed by atoms with E-state index in [4.69, 9.17) is 4.42 Å². The van der Waals surface area contributed by atoms with Crippen LogP contribution >= 0.6 is 0 Å². The van der Waals surface area contributed by atoms with Gasteiger partial charge in [0.15, 0.2) is 5.76 Å². The van der Waals surface area contributed by atoms with Gasteiger partial charge < -0.3 is 19.5 Å². The first-order chi connectivity index (χ1) is 14.5. The lowest BCUT2D eigenvalue weighted by atomic mass is 10.1. The van der Waals surface area contributed by atoms with Crippen LogP contribution in [-0.4, -0.2) is 77.2 Å². The predicted octanol–water partition coefficient (Wildman–Crippen LogP) is 0.727. The second-order valence-electron chi connectivity index (χ2n) is 7.27. The summed E-state index contributed by atoms with van der Waals surface area (Å²) >= 11 is 0. The fourth-order valence-electron chi connectivity index (χ4n) is 3.67. The van der Waals surface area contributed by atoms with Crippen molar-refractivity contribution in [2.75, 3.05) is 32.7 Å². The molecule has 9 nitrogen and oxygen atoms in total. The molecule has 9 heteroatoms. The van der Waals surface area contributed by atoms with Crippen molar-refractivity contribution in [1.82, 2.24) is 20.0 Å². The average Bonchev–Trinajstić information content (AvgIpc) is 3.39. The lowest BCUT2D eigenvalue weighted by Gasteiger charge is -2.34. The Morgan fingerprint density at radius 2 is 1.67 bits per heavy atom. The summed E-state index contributed by atoms with van der Waals surface area (Å²) in [6, 6.07) is 11.4. The number of nitrogens with one attached hydrogen (secondary N) is 1. The Hall–Kier alpha value is -3.62. The van der Waals surface area contributed by atoms with Crippen molar-refractivity contribution >= 4 is 23.8 Å². The minimum absolute atomic E-state index is 0.218. The first kappa shape index (κ1) is 19.7. The normalized spacial score (nSPS) is 19.2. The number of carbonyl (C=O) groups is 4. The summed E-state index contributed by atoms with van der Waals surface area (Å²) in [7, 11) is 0. The highest BCUT2D eigenvalue weighted by molar-refractivity contribution is 6.06. The largest absolute Gasteiger partial charge is 0.459 e. The van der Waals surface area contributed by atoms with E-state index in [0.717, 1.165) is 10.5 Å². The van der Waals surface area contributed by atoms with E-state index in [1.54, 1.807) is 21.9 Å². The molecule has 5 amide bonds. The fourth-order valence-corrected chi connectivity index (χ4v) is 3.67. The van der Waals surface area contributed by atoms with E-state index in [0.29, 0.717) is 32.6 Å². The highest BCUT2D eigenvalue weighted by Crippen LogP contribution is 2.14. The van der Waals surface area contributed by atoms with Crippen LogP contribution in [0.5, 0.6) is 0 Å². The van der Waals surface area contributed by atoms with Crippen molar-refractivity contribution in [3.05, 3.63) is 60.1 Å². The van der Waals surface area contributed by atoms with Gasteiger partial charge in [-0.2, -0.15) is 0 Å². The van der Waals surface area contributed by atoms with Gasteiger partial charge in [0, 0.05) is 32.6 Å². The van der Waals surface area contributed by atoms with Crippen LogP contribution in [0.4, 0.5) is 4.79 Å². The molecule has 0 unspecified atom stereocenters. The van der Waals surface area contributed by atoms with Crippen molar-refractivity contribution < 1.29 is 23.6 Å². The van der Waals surface area contributed by atoms with Crippen LogP contribution in [0.3, 0.4) is 0 Å². The molecule has 0 saturated carbocycles. The Balaban J connectivity index is 1.30. The molecule has 1 aromatic carbocycles. The van der Waals surface area contributed by atoms with Crippen molar-refractivity contribution in [3.8, 4) is 0 Å². The summed E-state index contributed by atoms with van der Waals surface area (Å²) < 4.78 is 5.13. The molecule has 2 aliphatic rings. The van der Waals surface area contributed by atoms with Gasteiger partial charge >= 0.3 is 6.03 Å². The molecule has 2 aromatic rings. The summed E-state index contributed by atoms with van der Waals surface area (Å²) in [6.45, 7) is 1.09. The Morgan fingerprint density at radius 3 is 2.33 bits per heavy atom. The SMILES string of the molecule is O=C(CN1C(=O)N[C@H](Cc2ccccc2)C1=O)N1CCN(C(=O)c2ccco2)CC1. The summed E-state index contributed by atoms with van der Waals surface area (Å²) in [5, 5.41) is 2.65. The summed E-state index contributed by atoms with van der Waals surface area (Å²) in [5.41, 5.74) is 0.932. The number of furan rings is 1. The standard InChI is InChI=1S/C21H22N4O5/c26-18(23-8-10-24(11-9-23)20(28)17-7-4-12-30-17)14-25-19(27)16(22-21(25)29)13-15-5-2-1-3-6-15/h1-7,12,16H,8-11,13-14H2,(H,22,29)/t16-/m1/s1. The van der Waals surface area contributed by atoms with Crippen LogP contribution in [0, 0.1) is 0 Å². The van der Waals surface area contributed by atoms with Crippen molar-refractivity contribution in [2.24, 2.45) is 0 Å². The van der Waals surface area contributed by atoms with Gasteiger partial charge in [0.2, 0.25) is 5.91 Å². The third-order valence-corrected chi connectivity index (χ3v) is 5.33. The molecule has 1 atom stereocenters. The van der Waals surface area contributed by atoms with Gasteiger partial charge in [-0.25, -0.2) is 4.79 Å². The van der Waals surface area contributed by atoms with Gasteiger partial charge in [-0.05, 0) is 17.7 Å². The number of piperazine rings is 1. The van der Waals surface area contributed by atoms with Crippen LogP contribution in [0.1, 0.15) is 16.1 Å². The molecule has 4 rings (SSSR count). The molecule has 2 saturated heterocycles. The lowest BCUT2D eigenvalue weighted by Crippen LogP contribution is -2.53. The average molecular weight is 410 g/mol. The van der Waals surface area contributed by atoms with Crippen LogP contribution in [-0.2, 0) is 16.0 Å². The number of urea groups is 1. The second-order valence-corrected chi connectivity index (χ2v) is 7.27. The van der Waals surface area contributed by atoms with Gasteiger partial charge in [0.1, 0.15) is 12.6 Å². The third-order valence-electron chi connectivity index (χ3n) is 5.33. The number of nitrogens with zero attached hydrogens (tertiary/aromatic N) is 3. The summed E-state index contributed by atoms with van der Waals surface area (Å²) in [6.07, 6.45) is 1.82. The zero-order valence-electron chi connectivity index (χ0n) is 16.3. The molecule has 1 N–H and O–H groups in total. The lowest BCUT2D eigenvalue weighted by molar-refractivity contribution is -0.138. The van der Waals surface area contributed by atoms with Gasteiger partial charge in [-0.3, -0.25) is 19.3 Å². The monoisotopic (exact) mass is 410 g/mol. The Kier molecular flexibility index (Phi) is 5.51. The second kappa shape index (κ2) is 8.40. The van der Waals surface area contributed by atoms with E-state index >= 15 is 0 Å². The predicted molar refractivity (Wildman–Crippen MR) is 105 cm³/mol. The molecule has 2 aliphatic heterocycles. The smallest absolute Gasteiger partial charge is 0.325 e. The number of hydrogen-bond acceptors (Lipinski definition) is 5. The van der Waals surface area contributed by atoms with Gasteiger partial charge in [0.05, 0.1) is 6.26 Å². The molecule has 3 heterocycles. The molecule has 2 fully saturated rings. The van der Waals surface area contributed by atoms with Crippen LogP contribution in [0.15, 0.2) is 53.1 Å². The van der Waals surface area contributed by atoms with Crippen LogP contribution in [0.25, 0.3) is 0 Å². The highest BCUT2D eigenvalue weighted by Gasteiger charge is 2.39. The minimum atomic E-state index is -0.671. The van der Waals surface area contributed by atoms with Crippen molar-refractivity contribution in [1.29, 1.82) is 0 Å². The number of imide groups is 1. The quantitative estimate of drug-likeness (QED) is 0.732. The maximum absolute atomic E-state index is 12.6. The van der Waals surface area contributed by atoms with Gasteiger partial charge in [-0.15, -0.1) is 0 Å². The molecule has 0 aliphatic carbocycles. The Bertz CT molecular complexity index is 936. The van der Waals surface area contributed by atoms with E-state index < -0.39 is 18.0 Å². The number of hydrogen-bond donors (Lipinski definition) is 1. The summed E-state index contributed by atoms with van der Waals surface area (Å²) in [4.78, 5) is 54.0. The number of carbonyl (C=O) groups excluding carboxylic acids is 4. The molecular weight excluding hydrogens is 388 g/mol. The Morgan fingerprint density at radius 1 is 0.967 bits per heavy atom. The maximum Gasteiger partial charge on any atom is 0.325 e. The topological polar surface area (TPSA) is 103 Å². The van der Waals surface area contributed by atoms with E-state index in [1.807, 2.05) is 30.3 Å². The molecule has 0 bridgehead atoms. The van der Waals surface area contributed by atoms with E-state index in [1.165, 1.54) is 6.26 Å². The molecule has 30 heavy (non-hydrogen) atoms. The first-order valence-corrected chi connectivity index (χ1v) is 9.79. The van der Waals surface area contributed by atoms with E-state index in [-0.39, 0.29) is 24.1 Å². The van der Waals surface area contributed by atoms with Crippen LogP contribution < -0.4 is 5.32 Å². The first-order valence-electron chi connectivity index (χ1n) is 9.79. The van der Waals surface area contributed by atoms with Crippen LogP contribution in [0.2, 0.25) is 0 Å². The summed E-state index contributed by atoms with van der Waals surface area (Å²) in [5.74, 6) is -0.670. The fraction of sp³-hybridized carbons (Fsp3) is 0.333. The molecular formula is C21H22N4O5. The van der Waals surface area contributed by atoms with E-state index in [9.17, 15) is 19.2 Å². The number of rotatable bonds is 5. The highest BCUT2D eigenvalue weighted by atomic mass is 16.3. The third kappa shape index (κ3) is 4.05. The Labute approximate surface area is 173 Å². The molecule has 0 radical (unpaired) electrons. The number of benzene rings is 1. The van der Waals surface area contributed by atoms with Crippen molar-refractivity contribution in [2.45, 2.75) is 12.5 Å². The molecule has 1 aromatic heterocycles. The maximum atomic E-state index is 12.6. The number of amides is 5. The zero-order valence-corrected chi connectivity index (χ0v) is 16.3. The zero-order chi connectivity index (χ0) is 21.1. The minimum Gasteiger partial charge on any atom is -0.459 e. The molecule has 156 valence electrons. The van der Waals surface area contributed by atoms with E-state index in [2.05, 4.69) is 5.32 Å². The molecule has 0 spiro atoms. The van der Waals surface area contributed by atoms with Gasteiger partial charge in [-0.1, -0.05) is 30.3 Å². The van der Waals surface area contributed by atoms with Gasteiger partial charge in [0.25, 0.3) is 11.8 Å².